The van der Waals surface area contributed by atoms with Crippen LogP contribution in [0.1, 0.15) is 146 Å². The summed E-state index contributed by atoms with van der Waals surface area (Å²) < 4.78 is 0. The molecule has 1 N–H and O–H groups in total. The number of piperazine rings is 1. The first-order valence-electron chi connectivity index (χ1n) is 28.5. The van der Waals surface area contributed by atoms with Crippen molar-refractivity contribution in [2.24, 2.45) is 11.3 Å². The zero-order valence-corrected chi connectivity index (χ0v) is 46.7. The summed E-state index contributed by atoms with van der Waals surface area (Å²) >= 11 is 0. The summed E-state index contributed by atoms with van der Waals surface area (Å²) in [5.41, 5.74) is 20.3. The minimum absolute atomic E-state index is 0.481. The molecule has 5 aliphatic rings. The van der Waals surface area contributed by atoms with Crippen molar-refractivity contribution in [3.8, 4) is 0 Å². The van der Waals surface area contributed by atoms with E-state index in [2.05, 4.69) is 160 Å². The molecule has 1 saturated heterocycles. The molecule has 1 aromatic heterocycles. The third kappa shape index (κ3) is 13.3. The number of nitrogens with one attached hydrogen (secondary N) is 1. The lowest BCUT2D eigenvalue weighted by Crippen LogP contribution is -2.44. The van der Waals surface area contributed by atoms with Crippen LogP contribution in [0.15, 0.2) is 132 Å². The molecule has 3 heterocycles. The van der Waals surface area contributed by atoms with E-state index in [1.807, 2.05) is 12.2 Å². The molecule has 0 spiro atoms. The van der Waals surface area contributed by atoms with Gasteiger partial charge in [0, 0.05) is 95.7 Å². The number of allylic oxidation sites excluding steroid dienone is 11. The largest absolute Gasteiger partial charge is 0.383 e. The van der Waals surface area contributed by atoms with Crippen LogP contribution in [-0.4, -0.2) is 105 Å². The summed E-state index contributed by atoms with van der Waals surface area (Å²) in [4.78, 5) is 18.1. The van der Waals surface area contributed by atoms with Gasteiger partial charge in [0.1, 0.15) is 0 Å². The Balaban J connectivity index is 0.866. The average molecular weight is 985 g/mol. The number of nitrogens with zero attached hydrogens (tertiary/aromatic N) is 6. The lowest BCUT2D eigenvalue weighted by atomic mass is 9.61. The lowest BCUT2D eigenvalue weighted by Gasteiger charge is -2.44. The molecule has 8 rings (SSSR count). The van der Waals surface area contributed by atoms with Crippen LogP contribution in [0.25, 0.3) is 16.6 Å². The first-order valence-corrected chi connectivity index (χ1v) is 28.5. The number of anilines is 2. The second-order valence-corrected chi connectivity index (χ2v) is 23.4. The molecule has 392 valence electrons. The van der Waals surface area contributed by atoms with Crippen molar-refractivity contribution in [2.75, 3.05) is 90.3 Å². The Labute approximate surface area is 443 Å². The Morgan fingerprint density at radius 1 is 0.945 bits per heavy atom. The van der Waals surface area contributed by atoms with Crippen molar-refractivity contribution in [3.05, 3.63) is 154 Å². The lowest BCUT2D eigenvalue weighted by molar-refractivity contribution is 0.149. The molecule has 2 aliphatic heterocycles. The molecule has 0 bridgehead atoms. The third-order valence-corrected chi connectivity index (χ3v) is 17.6. The zero-order chi connectivity index (χ0) is 51.6. The molecule has 7 nitrogen and oxygen atoms in total. The minimum atomic E-state index is 0.481. The van der Waals surface area contributed by atoms with E-state index in [4.69, 9.17) is 4.98 Å². The standard InChI is InChI=1S/C66H93N7/c1-12-20-51(14-3)53(40-48(4)5)43-64-65-54(46-71(64)11)42-59-61(47-73-38-36-69(9)37-39-73)62(28-29-63(59)68-65)67-31-35-72(32-13-2)34-18-16-15-17-33-70(10)56-25-23-52(24-26-56)60-45-66(8)30-19-21-55(66)44-58(60)57-27-22-49(6)41-50(57)7/h12,14,23-26,28-29,41-43,55,60,67H,1,3-4,6,13,15-22,27,30-40,44-47H2,2,5,7-11H3/b53-51+,58-57+,64-43-/t55?,60-,66+/m1/s1. The SMILES string of the molecule is C=CC/C(C=C)=C(/C=C1/c2nc3ccc(NCCN(CCC)CCCCCCN(C)c4ccc([C@H]5C[C@]6(C)CCCC6C/C5=C5/CCC(=C)C=C5C)cc4)c(CN4CCN(C)CC4)c3cc2CN1C)CC(=C)C. The molecule has 2 aromatic carbocycles. The van der Waals surface area contributed by atoms with Crippen LogP contribution in [0.3, 0.4) is 0 Å². The summed E-state index contributed by atoms with van der Waals surface area (Å²) in [6.07, 6.45) is 25.5. The van der Waals surface area contributed by atoms with Crippen LogP contribution in [0.2, 0.25) is 0 Å². The predicted molar refractivity (Wildman–Crippen MR) is 315 cm³/mol. The molecule has 3 atom stereocenters. The van der Waals surface area contributed by atoms with E-state index in [0.29, 0.717) is 11.3 Å². The number of benzene rings is 2. The molecule has 73 heavy (non-hydrogen) atoms. The van der Waals surface area contributed by atoms with E-state index >= 15 is 0 Å². The number of fused-ring (bicyclic) bond motifs is 3. The highest BCUT2D eigenvalue weighted by molar-refractivity contribution is 5.90. The second kappa shape index (κ2) is 25.1. The Hall–Kier alpha value is -4.95. The number of aromatic nitrogens is 1. The van der Waals surface area contributed by atoms with Crippen molar-refractivity contribution in [2.45, 2.75) is 137 Å². The predicted octanol–water partition coefficient (Wildman–Crippen LogP) is 14.9. The second-order valence-electron chi connectivity index (χ2n) is 23.4. The highest BCUT2D eigenvalue weighted by Gasteiger charge is 2.46. The van der Waals surface area contributed by atoms with E-state index in [9.17, 15) is 0 Å². The van der Waals surface area contributed by atoms with Gasteiger partial charge in [0.05, 0.1) is 16.9 Å². The van der Waals surface area contributed by atoms with Crippen molar-refractivity contribution in [3.63, 3.8) is 0 Å². The van der Waals surface area contributed by atoms with E-state index in [1.54, 1.807) is 11.1 Å². The number of hydrogen-bond acceptors (Lipinski definition) is 7. The van der Waals surface area contributed by atoms with Gasteiger partial charge >= 0.3 is 0 Å². The van der Waals surface area contributed by atoms with Gasteiger partial charge in [0.2, 0.25) is 0 Å². The summed E-state index contributed by atoms with van der Waals surface area (Å²) in [5, 5.41) is 5.25. The number of pyridine rings is 1. The smallest absolute Gasteiger partial charge is 0.0920 e. The first-order chi connectivity index (χ1) is 35.3. The number of rotatable bonds is 23. The highest BCUT2D eigenvalue weighted by Crippen LogP contribution is 2.59. The Bertz CT molecular complexity index is 2580. The van der Waals surface area contributed by atoms with Crippen LogP contribution in [0.5, 0.6) is 0 Å². The number of unbranched alkanes of at least 4 members (excludes halogenated alkanes) is 3. The first kappa shape index (κ1) is 54.3. The molecular formula is C66H93N7. The normalized spacial score (nSPS) is 23.5. The number of likely N-dealkylation sites (N-methyl/N-ethyl adjacent to an activating group) is 1. The molecule has 0 amide bonds. The van der Waals surface area contributed by atoms with Crippen LogP contribution >= 0.6 is 0 Å². The van der Waals surface area contributed by atoms with Gasteiger partial charge in [-0.3, -0.25) is 4.90 Å². The monoisotopic (exact) mass is 984 g/mol. The van der Waals surface area contributed by atoms with Gasteiger partial charge in [0.15, 0.2) is 0 Å². The molecule has 2 saturated carbocycles. The maximum absolute atomic E-state index is 5.45. The highest BCUT2D eigenvalue weighted by atomic mass is 15.2. The average Bonchev–Trinajstić information content (AvgIpc) is 3.90. The maximum Gasteiger partial charge on any atom is 0.0920 e. The fourth-order valence-corrected chi connectivity index (χ4v) is 13.3. The van der Waals surface area contributed by atoms with Gasteiger partial charge in [-0.05, 0) is 191 Å². The Kier molecular flexibility index (Phi) is 18.6. The quantitative estimate of drug-likeness (QED) is 0.0577. The van der Waals surface area contributed by atoms with Crippen molar-refractivity contribution in [1.82, 2.24) is 24.6 Å². The molecule has 0 radical (unpaired) electrons. The van der Waals surface area contributed by atoms with Gasteiger partial charge in [-0.1, -0.05) is 99.9 Å². The maximum atomic E-state index is 5.45. The summed E-state index contributed by atoms with van der Waals surface area (Å²) in [6.45, 7) is 37.6. The molecule has 3 fully saturated rings. The molecular weight excluding hydrogens is 891 g/mol. The van der Waals surface area contributed by atoms with Gasteiger partial charge in [-0.15, -0.1) is 6.58 Å². The zero-order valence-electron chi connectivity index (χ0n) is 46.7. The van der Waals surface area contributed by atoms with Crippen LogP contribution in [0.4, 0.5) is 11.4 Å². The van der Waals surface area contributed by atoms with E-state index < -0.39 is 0 Å². The van der Waals surface area contributed by atoms with Gasteiger partial charge < -0.3 is 24.9 Å². The Morgan fingerprint density at radius 2 is 1.71 bits per heavy atom. The topological polar surface area (TPSA) is 41.1 Å². The van der Waals surface area contributed by atoms with Gasteiger partial charge in [0.25, 0.3) is 0 Å². The van der Waals surface area contributed by atoms with Crippen LogP contribution < -0.4 is 10.2 Å². The van der Waals surface area contributed by atoms with Gasteiger partial charge in [-0.25, -0.2) is 4.98 Å². The van der Waals surface area contributed by atoms with Crippen LogP contribution in [0, 0.1) is 11.3 Å². The third-order valence-electron chi connectivity index (χ3n) is 17.6. The van der Waals surface area contributed by atoms with Crippen molar-refractivity contribution < 1.29 is 0 Å². The minimum Gasteiger partial charge on any atom is -0.383 e. The molecule has 3 aromatic rings. The number of hydrogen-bond donors (Lipinski definition) is 1. The molecule has 7 heteroatoms. The van der Waals surface area contributed by atoms with Crippen LogP contribution in [-0.2, 0) is 13.1 Å². The van der Waals surface area contributed by atoms with E-state index in [-0.39, 0.29) is 0 Å². The van der Waals surface area contributed by atoms with Gasteiger partial charge in [-0.2, -0.15) is 0 Å². The van der Waals surface area contributed by atoms with Crippen molar-refractivity contribution in [1.29, 1.82) is 0 Å². The summed E-state index contributed by atoms with van der Waals surface area (Å²) in [6, 6.07) is 16.8. The molecule has 1 unspecified atom stereocenters. The summed E-state index contributed by atoms with van der Waals surface area (Å²) in [7, 11) is 6.72. The van der Waals surface area contributed by atoms with E-state index in [0.717, 1.165) is 120 Å². The molecule has 3 aliphatic carbocycles. The fraction of sp³-hybridized carbons (Fsp3) is 0.530. The van der Waals surface area contributed by atoms with Crippen molar-refractivity contribution >= 4 is 28.0 Å². The summed E-state index contributed by atoms with van der Waals surface area (Å²) in [5.74, 6) is 1.39. The van der Waals surface area contributed by atoms with E-state index in [1.165, 1.54) is 126 Å². The fourth-order valence-electron chi connectivity index (χ4n) is 13.3. The Morgan fingerprint density at radius 3 is 2.42 bits per heavy atom.